The largest absolute Gasteiger partial charge is 0.496 e. The molecule has 0 unspecified atom stereocenters. The first-order valence-corrected chi connectivity index (χ1v) is 8.53. The van der Waals surface area contributed by atoms with E-state index in [-0.39, 0.29) is 11.7 Å². The van der Waals surface area contributed by atoms with Crippen molar-refractivity contribution in [3.8, 4) is 5.75 Å². The highest BCUT2D eigenvalue weighted by Crippen LogP contribution is 2.30. The van der Waals surface area contributed by atoms with E-state index >= 15 is 0 Å². The van der Waals surface area contributed by atoms with Crippen LogP contribution in [0.1, 0.15) is 33.8 Å². The molecule has 0 aliphatic heterocycles. The third-order valence-corrected chi connectivity index (χ3v) is 4.46. The molecule has 0 fully saturated rings. The summed E-state index contributed by atoms with van der Waals surface area (Å²) in [5.74, 6) is 1.16. The third-order valence-electron chi connectivity index (χ3n) is 4.46. The zero-order chi connectivity index (χ0) is 17.5. The number of Topliss-reactive ketones (excluding diaryl/α,β-unsaturated/α-hetero) is 1. The van der Waals surface area contributed by atoms with Crippen molar-refractivity contribution in [1.82, 2.24) is 0 Å². The Balaban J connectivity index is 1.87. The van der Waals surface area contributed by atoms with Crippen molar-refractivity contribution >= 4 is 5.78 Å². The summed E-state index contributed by atoms with van der Waals surface area (Å²) >= 11 is 0. The molecule has 2 heteroatoms. The molecule has 2 nitrogen and oxygen atoms in total. The molecular formula is C23H22O2. The van der Waals surface area contributed by atoms with E-state index in [1.165, 1.54) is 5.56 Å². The topological polar surface area (TPSA) is 26.3 Å². The average Bonchev–Trinajstić information content (AvgIpc) is 2.69. The Morgan fingerprint density at radius 1 is 0.840 bits per heavy atom. The number of benzene rings is 3. The Morgan fingerprint density at radius 2 is 1.44 bits per heavy atom. The lowest BCUT2D eigenvalue weighted by atomic mass is 9.86. The van der Waals surface area contributed by atoms with Gasteiger partial charge in [0.15, 0.2) is 5.78 Å². The van der Waals surface area contributed by atoms with Gasteiger partial charge in [0, 0.05) is 12.0 Å². The van der Waals surface area contributed by atoms with Gasteiger partial charge in [-0.25, -0.2) is 0 Å². The van der Waals surface area contributed by atoms with Crippen molar-refractivity contribution in [2.75, 3.05) is 7.11 Å². The molecule has 0 radical (unpaired) electrons. The third kappa shape index (κ3) is 4.36. The van der Waals surface area contributed by atoms with Crippen molar-refractivity contribution in [3.63, 3.8) is 0 Å². The summed E-state index contributed by atoms with van der Waals surface area (Å²) < 4.78 is 5.49. The number of rotatable bonds is 7. The van der Waals surface area contributed by atoms with Crippen molar-refractivity contribution in [3.05, 3.63) is 102 Å². The number of ether oxygens (including phenoxy) is 1. The number of hydrogen-bond donors (Lipinski definition) is 0. The van der Waals surface area contributed by atoms with E-state index in [9.17, 15) is 4.79 Å². The zero-order valence-corrected chi connectivity index (χ0v) is 14.4. The van der Waals surface area contributed by atoms with Crippen LogP contribution < -0.4 is 4.74 Å². The minimum Gasteiger partial charge on any atom is -0.496 e. The van der Waals surface area contributed by atoms with Gasteiger partial charge in [0.1, 0.15) is 5.75 Å². The molecule has 3 rings (SSSR count). The lowest BCUT2D eigenvalue weighted by Gasteiger charge is -2.18. The summed E-state index contributed by atoms with van der Waals surface area (Å²) in [6, 6.07) is 27.8. The lowest BCUT2D eigenvalue weighted by Crippen LogP contribution is -2.11. The minimum absolute atomic E-state index is 0.116. The quantitative estimate of drug-likeness (QED) is 0.550. The molecule has 0 aliphatic rings. The fourth-order valence-electron chi connectivity index (χ4n) is 3.14. The Bertz CT molecular complexity index is 810. The van der Waals surface area contributed by atoms with E-state index in [0.717, 1.165) is 23.3 Å². The van der Waals surface area contributed by atoms with Crippen molar-refractivity contribution in [2.24, 2.45) is 0 Å². The van der Waals surface area contributed by atoms with Gasteiger partial charge in [-0.05, 0) is 29.5 Å². The number of methoxy groups -OCH3 is 1. The van der Waals surface area contributed by atoms with Crippen LogP contribution in [0.2, 0.25) is 0 Å². The van der Waals surface area contributed by atoms with Crippen LogP contribution in [0.4, 0.5) is 0 Å². The van der Waals surface area contributed by atoms with Crippen LogP contribution in [0.25, 0.3) is 0 Å². The highest BCUT2D eigenvalue weighted by molar-refractivity contribution is 5.96. The van der Waals surface area contributed by atoms with Crippen LogP contribution in [0.5, 0.6) is 5.75 Å². The summed E-state index contributed by atoms with van der Waals surface area (Å²) in [7, 11) is 1.69. The Kier molecular flexibility index (Phi) is 5.63. The summed E-state index contributed by atoms with van der Waals surface area (Å²) in [4.78, 5) is 12.7. The number of carbonyl (C=O) groups is 1. The van der Waals surface area contributed by atoms with Crippen LogP contribution in [-0.4, -0.2) is 12.9 Å². The predicted molar refractivity (Wildman–Crippen MR) is 101 cm³/mol. The molecule has 0 spiro atoms. The smallest absolute Gasteiger partial charge is 0.163 e. The van der Waals surface area contributed by atoms with Gasteiger partial charge in [-0.2, -0.15) is 0 Å². The van der Waals surface area contributed by atoms with E-state index in [0.29, 0.717) is 6.42 Å². The van der Waals surface area contributed by atoms with Crippen LogP contribution in [0.3, 0.4) is 0 Å². The van der Waals surface area contributed by atoms with Gasteiger partial charge >= 0.3 is 0 Å². The summed E-state index contributed by atoms with van der Waals surface area (Å²) in [6.07, 6.45) is 1.25. The first-order chi connectivity index (χ1) is 12.3. The van der Waals surface area contributed by atoms with Gasteiger partial charge in [-0.3, -0.25) is 4.79 Å². The molecule has 3 aromatic rings. The number of ketones is 1. The Hall–Kier alpha value is -2.87. The fraction of sp³-hybridized carbons (Fsp3) is 0.174. The van der Waals surface area contributed by atoms with Gasteiger partial charge in [-0.1, -0.05) is 78.9 Å². The summed E-state index contributed by atoms with van der Waals surface area (Å²) in [5.41, 5.74) is 3.07. The molecule has 25 heavy (non-hydrogen) atoms. The van der Waals surface area contributed by atoms with E-state index in [1.54, 1.807) is 7.11 Å². The first-order valence-electron chi connectivity index (χ1n) is 8.53. The molecule has 0 saturated carbocycles. The van der Waals surface area contributed by atoms with E-state index in [1.807, 2.05) is 66.7 Å². The van der Waals surface area contributed by atoms with Gasteiger partial charge < -0.3 is 4.74 Å². The van der Waals surface area contributed by atoms with E-state index < -0.39 is 0 Å². The second-order valence-electron chi connectivity index (χ2n) is 6.12. The molecule has 0 N–H and O–H groups in total. The maximum Gasteiger partial charge on any atom is 0.163 e. The van der Waals surface area contributed by atoms with Gasteiger partial charge in [0.05, 0.1) is 7.11 Å². The molecule has 3 aromatic carbocycles. The van der Waals surface area contributed by atoms with Crippen molar-refractivity contribution in [2.45, 2.75) is 18.8 Å². The van der Waals surface area contributed by atoms with Crippen molar-refractivity contribution < 1.29 is 9.53 Å². The second-order valence-corrected chi connectivity index (χ2v) is 6.12. The lowest BCUT2D eigenvalue weighted by molar-refractivity contribution is 0.0973. The monoisotopic (exact) mass is 330 g/mol. The second kappa shape index (κ2) is 8.29. The Labute approximate surface area is 149 Å². The van der Waals surface area contributed by atoms with Crippen molar-refractivity contribution in [1.29, 1.82) is 0 Å². The molecule has 126 valence electrons. The molecule has 0 bridgehead atoms. The standard InChI is InChI=1S/C23H22O2/c1-25-23-15-9-8-14-20(23)16-21(18-10-4-2-5-11-18)17-22(24)19-12-6-3-7-13-19/h2-15,21H,16-17H2,1H3/t21-/m0/s1. The molecule has 0 saturated heterocycles. The Morgan fingerprint density at radius 3 is 2.12 bits per heavy atom. The van der Waals surface area contributed by atoms with E-state index in [4.69, 9.17) is 4.74 Å². The average molecular weight is 330 g/mol. The summed E-state index contributed by atoms with van der Waals surface area (Å²) in [6.45, 7) is 0. The maximum absolute atomic E-state index is 12.7. The van der Waals surface area contributed by atoms with Crippen LogP contribution in [-0.2, 0) is 6.42 Å². The SMILES string of the molecule is COc1ccccc1C[C@@H](CC(=O)c1ccccc1)c1ccccc1. The highest BCUT2D eigenvalue weighted by atomic mass is 16.5. The normalized spacial score (nSPS) is 11.7. The molecule has 0 aliphatic carbocycles. The maximum atomic E-state index is 12.7. The zero-order valence-electron chi connectivity index (χ0n) is 14.4. The van der Waals surface area contributed by atoms with Crippen LogP contribution >= 0.6 is 0 Å². The fourth-order valence-corrected chi connectivity index (χ4v) is 3.14. The minimum atomic E-state index is 0.116. The molecule has 1 atom stereocenters. The number of carbonyl (C=O) groups excluding carboxylic acids is 1. The highest BCUT2D eigenvalue weighted by Gasteiger charge is 2.19. The molecular weight excluding hydrogens is 308 g/mol. The van der Waals surface area contributed by atoms with Crippen LogP contribution in [0.15, 0.2) is 84.9 Å². The van der Waals surface area contributed by atoms with Gasteiger partial charge in [0.25, 0.3) is 0 Å². The summed E-state index contributed by atoms with van der Waals surface area (Å²) in [5, 5.41) is 0. The predicted octanol–water partition coefficient (Wildman–Crippen LogP) is 5.29. The van der Waals surface area contributed by atoms with Gasteiger partial charge in [0.2, 0.25) is 0 Å². The number of hydrogen-bond acceptors (Lipinski definition) is 2. The molecule has 0 aromatic heterocycles. The first kappa shape index (κ1) is 17.0. The van der Waals surface area contributed by atoms with Crippen LogP contribution in [0, 0.1) is 0 Å². The number of para-hydroxylation sites is 1. The molecule has 0 heterocycles. The molecule has 0 amide bonds. The van der Waals surface area contributed by atoms with E-state index in [2.05, 4.69) is 18.2 Å². The van der Waals surface area contributed by atoms with Gasteiger partial charge in [-0.15, -0.1) is 0 Å².